The Morgan fingerprint density at radius 2 is 1.96 bits per heavy atom. The number of likely N-dealkylation sites (N-methyl/N-ethyl adjacent to an activating group) is 1. The van der Waals surface area contributed by atoms with E-state index in [9.17, 15) is 23.1 Å². The third kappa shape index (κ3) is 4.70. The van der Waals surface area contributed by atoms with Gasteiger partial charge in [0.25, 0.3) is 0 Å². The SMILES string of the molecule is CCN(C[C@H](O)c1ccc(C)cc1)[C@H]1CCN(CC(F)(F)F)C1=O. The number of aryl methyl sites for hydroxylation is 1. The van der Waals surface area contributed by atoms with Crippen LogP contribution >= 0.6 is 0 Å². The number of amides is 1. The smallest absolute Gasteiger partial charge is 0.387 e. The number of rotatable bonds is 6. The summed E-state index contributed by atoms with van der Waals surface area (Å²) in [5.74, 6) is -0.509. The van der Waals surface area contributed by atoms with Crippen LogP contribution in [-0.4, -0.2) is 59.2 Å². The minimum atomic E-state index is -4.39. The van der Waals surface area contributed by atoms with E-state index in [4.69, 9.17) is 0 Å². The Morgan fingerprint density at radius 3 is 2.50 bits per heavy atom. The Hall–Kier alpha value is -1.60. The fourth-order valence-electron chi connectivity index (χ4n) is 3.03. The quantitative estimate of drug-likeness (QED) is 0.862. The molecule has 0 bridgehead atoms. The molecule has 24 heavy (non-hydrogen) atoms. The first-order valence-electron chi connectivity index (χ1n) is 8.05. The molecule has 1 aromatic carbocycles. The van der Waals surface area contributed by atoms with Gasteiger partial charge in [0.2, 0.25) is 5.91 Å². The van der Waals surface area contributed by atoms with E-state index < -0.39 is 30.8 Å². The van der Waals surface area contributed by atoms with E-state index in [1.165, 1.54) is 0 Å². The van der Waals surface area contributed by atoms with Crippen LogP contribution in [0.3, 0.4) is 0 Å². The molecule has 1 amide bonds. The van der Waals surface area contributed by atoms with E-state index in [1.54, 1.807) is 4.90 Å². The minimum absolute atomic E-state index is 0.0974. The van der Waals surface area contributed by atoms with Gasteiger partial charge < -0.3 is 10.0 Å². The van der Waals surface area contributed by atoms with Gasteiger partial charge in [-0.05, 0) is 25.5 Å². The van der Waals surface area contributed by atoms with Crippen LogP contribution < -0.4 is 0 Å². The van der Waals surface area contributed by atoms with Gasteiger partial charge in [0.15, 0.2) is 0 Å². The molecule has 1 N–H and O–H groups in total. The second-order valence-corrected chi connectivity index (χ2v) is 6.19. The fraction of sp³-hybridized carbons (Fsp3) is 0.588. The summed E-state index contributed by atoms with van der Waals surface area (Å²) < 4.78 is 37.5. The van der Waals surface area contributed by atoms with Crippen LogP contribution in [0.2, 0.25) is 0 Å². The number of aliphatic hydroxyl groups is 1. The summed E-state index contributed by atoms with van der Waals surface area (Å²) in [5.41, 5.74) is 1.81. The van der Waals surface area contributed by atoms with Crippen LogP contribution in [0.5, 0.6) is 0 Å². The van der Waals surface area contributed by atoms with Crippen LogP contribution in [0.25, 0.3) is 0 Å². The zero-order chi connectivity index (χ0) is 17.9. The van der Waals surface area contributed by atoms with Crippen LogP contribution in [0, 0.1) is 6.92 Å². The summed E-state index contributed by atoms with van der Waals surface area (Å²) in [6, 6.07) is 6.82. The molecule has 0 spiro atoms. The van der Waals surface area contributed by atoms with Gasteiger partial charge in [-0.15, -0.1) is 0 Å². The molecule has 1 heterocycles. The highest BCUT2D eigenvalue weighted by molar-refractivity contribution is 5.84. The molecule has 0 unspecified atom stereocenters. The van der Waals surface area contributed by atoms with Crippen LogP contribution in [-0.2, 0) is 4.79 Å². The molecular weight excluding hydrogens is 321 g/mol. The molecule has 4 nitrogen and oxygen atoms in total. The largest absolute Gasteiger partial charge is 0.406 e. The second kappa shape index (κ2) is 7.53. The van der Waals surface area contributed by atoms with Crippen molar-refractivity contribution in [3.05, 3.63) is 35.4 Å². The lowest BCUT2D eigenvalue weighted by Gasteiger charge is -2.29. The summed E-state index contributed by atoms with van der Waals surface area (Å²) in [4.78, 5) is 14.9. The molecular formula is C17H23F3N2O2. The van der Waals surface area contributed by atoms with Crippen molar-refractivity contribution in [2.45, 2.75) is 38.6 Å². The molecule has 2 rings (SSSR count). The lowest BCUT2D eigenvalue weighted by atomic mass is 10.1. The van der Waals surface area contributed by atoms with Gasteiger partial charge in [0.1, 0.15) is 6.54 Å². The number of nitrogens with zero attached hydrogens (tertiary/aromatic N) is 2. The average Bonchev–Trinajstić information content (AvgIpc) is 2.84. The second-order valence-electron chi connectivity index (χ2n) is 6.19. The van der Waals surface area contributed by atoms with Crippen molar-refractivity contribution in [3.8, 4) is 0 Å². The number of carbonyl (C=O) groups is 1. The molecule has 7 heteroatoms. The summed E-state index contributed by atoms with van der Waals surface area (Å²) in [7, 11) is 0. The van der Waals surface area contributed by atoms with E-state index in [1.807, 2.05) is 38.1 Å². The molecule has 2 atom stereocenters. The summed E-state index contributed by atoms with van der Waals surface area (Å²) >= 11 is 0. The van der Waals surface area contributed by atoms with E-state index in [-0.39, 0.29) is 13.1 Å². The number of halogens is 3. The Bertz CT molecular complexity index is 560. The van der Waals surface area contributed by atoms with Crippen molar-refractivity contribution in [1.82, 2.24) is 9.80 Å². The first-order chi connectivity index (χ1) is 11.2. The molecule has 1 aliphatic heterocycles. The average molecular weight is 344 g/mol. The Balaban J connectivity index is 2.01. The first kappa shape index (κ1) is 18.7. The summed E-state index contributed by atoms with van der Waals surface area (Å²) in [6.07, 6.45) is -4.82. The standard InChI is InChI=1S/C17H23F3N2O2/c1-3-21(10-15(23)13-6-4-12(2)5-7-13)14-8-9-22(16(14)24)11-17(18,19)20/h4-7,14-15,23H,3,8-11H2,1-2H3/t14-,15-/m0/s1. The lowest BCUT2D eigenvalue weighted by Crippen LogP contribution is -2.45. The number of carbonyl (C=O) groups excluding carboxylic acids is 1. The van der Waals surface area contributed by atoms with Crippen molar-refractivity contribution in [2.24, 2.45) is 0 Å². The number of likely N-dealkylation sites (tertiary alicyclic amines) is 1. The maximum Gasteiger partial charge on any atom is 0.406 e. The highest BCUT2D eigenvalue weighted by Crippen LogP contribution is 2.25. The van der Waals surface area contributed by atoms with E-state index in [2.05, 4.69) is 0 Å². The number of alkyl halides is 3. The Labute approximate surface area is 139 Å². The van der Waals surface area contributed by atoms with Crippen molar-refractivity contribution in [2.75, 3.05) is 26.2 Å². The zero-order valence-electron chi connectivity index (χ0n) is 13.9. The van der Waals surface area contributed by atoms with E-state index in [0.29, 0.717) is 13.0 Å². The van der Waals surface area contributed by atoms with Gasteiger partial charge in [0, 0.05) is 13.1 Å². The highest BCUT2D eigenvalue weighted by atomic mass is 19.4. The normalized spacial score (nSPS) is 20.0. The molecule has 1 fully saturated rings. The Morgan fingerprint density at radius 1 is 1.33 bits per heavy atom. The molecule has 1 aliphatic rings. The molecule has 0 aliphatic carbocycles. The molecule has 1 saturated heterocycles. The number of benzene rings is 1. The monoisotopic (exact) mass is 344 g/mol. The number of hydrogen-bond acceptors (Lipinski definition) is 3. The summed E-state index contributed by atoms with van der Waals surface area (Å²) in [5, 5.41) is 10.4. The summed E-state index contributed by atoms with van der Waals surface area (Å²) in [6.45, 7) is 3.37. The Kier molecular flexibility index (Phi) is 5.87. The van der Waals surface area contributed by atoms with Crippen molar-refractivity contribution < 1.29 is 23.1 Å². The van der Waals surface area contributed by atoms with Gasteiger partial charge in [0.05, 0.1) is 12.1 Å². The predicted molar refractivity (Wildman–Crippen MR) is 84.4 cm³/mol. The predicted octanol–water partition coefficient (Wildman–Crippen LogP) is 2.51. The first-order valence-corrected chi connectivity index (χ1v) is 8.05. The van der Waals surface area contributed by atoms with Crippen LogP contribution in [0.15, 0.2) is 24.3 Å². The highest BCUT2D eigenvalue weighted by Gasteiger charge is 2.41. The van der Waals surface area contributed by atoms with Crippen molar-refractivity contribution in [1.29, 1.82) is 0 Å². The zero-order valence-corrected chi connectivity index (χ0v) is 13.9. The maximum absolute atomic E-state index is 12.5. The van der Waals surface area contributed by atoms with Gasteiger partial charge >= 0.3 is 6.18 Å². The number of hydrogen-bond donors (Lipinski definition) is 1. The molecule has 1 aromatic rings. The van der Waals surface area contributed by atoms with Gasteiger partial charge in [-0.3, -0.25) is 9.69 Å². The third-order valence-electron chi connectivity index (χ3n) is 4.36. The maximum atomic E-state index is 12.5. The molecule has 0 aromatic heterocycles. The van der Waals surface area contributed by atoms with Crippen LogP contribution in [0.4, 0.5) is 13.2 Å². The van der Waals surface area contributed by atoms with Crippen molar-refractivity contribution >= 4 is 5.91 Å². The number of aliphatic hydroxyl groups excluding tert-OH is 1. The molecule has 0 saturated carbocycles. The molecule has 134 valence electrons. The topological polar surface area (TPSA) is 43.8 Å². The molecule has 0 radical (unpaired) electrons. The van der Waals surface area contributed by atoms with E-state index >= 15 is 0 Å². The van der Waals surface area contributed by atoms with Gasteiger partial charge in [-0.2, -0.15) is 13.2 Å². The van der Waals surface area contributed by atoms with Gasteiger partial charge in [-0.1, -0.05) is 36.8 Å². The fourth-order valence-corrected chi connectivity index (χ4v) is 3.03. The van der Waals surface area contributed by atoms with E-state index in [0.717, 1.165) is 16.0 Å². The van der Waals surface area contributed by atoms with Gasteiger partial charge in [-0.25, -0.2) is 0 Å². The third-order valence-corrected chi connectivity index (χ3v) is 4.36. The lowest BCUT2D eigenvalue weighted by molar-refractivity contribution is -0.159. The van der Waals surface area contributed by atoms with Crippen molar-refractivity contribution in [3.63, 3.8) is 0 Å². The van der Waals surface area contributed by atoms with Crippen LogP contribution in [0.1, 0.15) is 30.6 Å². The minimum Gasteiger partial charge on any atom is -0.387 e.